The summed E-state index contributed by atoms with van der Waals surface area (Å²) in [5.41, 5.74) is 17.8. The normalized spacial score (nSPS) is 12.2. The zero-order chi connectivity index (χ0) is 90.1. The van der Waals surface area contributed by atoms with Crippen LogP contribution in [0.4, 0.5) is 0 Å². The molecule has 33 aromatic rings. The predicted molar refractivity (Wildman–Crippen MR) is 559 cm³/mol. The van der Waals surface area contributed by atoms with Crippen molar-refractivity contribution in [3.05, 3.63) is 395 Å². The summed E-state index contributed by atoms with van der Waals surface area (Å²) < 4.78 is 25.8. The molecule has 0 bridgehead atoms. The van der Waals surface area contributed by atoms with Gasteiger partial charge in [-0.25, -0.2) is 49.8 Å². The molecule has 0 N–H and O–H groups in total. The Bertz CT molecular complexity index is 10300. The topological polar surface area (TPSA) is 194 Å². The van der Waals surface area contributed by atoms with Gasteiger partial charge in [-0.15, -0.1) is 0 Å². The molecule has 636 valence electrons. The van der Waals surface area contributed by atoms with Crippen LogP contribution in [0.3, 0.4) is 0 Å². The second kappa shape index (κ2) is 29.3. The Balaban J connectivity index is 0.0000000889. The molecule has 0 atom stereocenters. The third-order valence-corrected chi connectivity index (χ3v) is 28.1. The molecule has 0 saturated heterocycles. The van der Waals surface area contributed by atoms with Gasteiger partial charge in [-0.1, -0.05) is 303 Å². The number of furan rings is 4. The first kappa shape index (κ1) is 75.7. The lowest BCUT2D eigenvalue weighted by atomic mass is 9.88. The van der Waals surface area contributed by atoms with E-state index in [9.17, 15) is 0 Å². The standard InChI is InChI=1S/C40H22N4O.C34H18N4O.C25H13NO.C24H12N2O/c1-3-8-23(9-4-1)24-14-17-27(18-15-24)38-42-37(26-10-5-2-6-11-26)43-39(44-38)31-22-28-19-16-25-12-7-13-29-30-20-21-41-40-34(30)35(36(31)45-40)33(28)32(25)29;1-3-8-20(9-4-1)31-36-32(21-10-5-2-6-11-21)38-33(37-31)25-18-22-15-14-19-12-7-13-23-24-16-17-35-34-28(24)29(30(25)39-34)27(22)26(19)23;1-2-5-14(6-3-1)19-13-16-10-9-15-7-4-8-17-18-11-12-26-25-22(18)23(24(19)27-25)21(16)20(15)17;1-2-10-25-18(6-1)17-12-14-8-7-13-4-3-5-15-16-9-11-26-24-21(16)22(23(17)27-24)20(14)19(13)15/h1-22H;1-18H;1-13H;1-12H. The van der Waals surface area contributed by atoms with Gasteiger partial charge in [0.1, 0.15) is 22.3 Å². The van der Waals surface area contributed by atoms with E-state index in [1.165, 1.54) is 124 Å². The Morgan fingerprint density at radius 2 is 0.406 bits per heavy atom. The van der Waals surface area contributed by atoms with E-state index >= 15 is 0 Å². The smallest absolute Gasteiger partial charge is 0.227 e. The highest BCUT2D eigenvalue weighted by molar-refractivity contribution is 6.44. The monoisotopic (exact) mass is 1760 g/mol. The van der Waals surface area contributed by atoms with E-state index in [0.29, 0.717) is 52.1 Å². The number of rotatable bonds is 9. The molecule has 138 heavy (non-hydrogen) atoms. The Labute approximate surface area is 781 Å². The van der Waals surface area contributed by atoms with Crippen molar-refractivity contribution in [2.24, 2.45) is 0 Å². The maximum Gasteiger partial charge on any atom is 0.227 e. The van der Waals surface area contributed by atoms with Crippen LogP contribution < -0.4 is 0 Å². The molecule has 0 spiro atoms. The number of pyridine rings is 5. The lowest BCUT2D eigenvalue weighted by molar-refractivity contribution is 0.655. The fraction of sp³-hybridized carbons (Fsp3) is 0. The molecule has 11 aromatic heterocycles. The number of nitrogens with zero attached hydrogens (tertiary/aromatic N) is 11. The number of hydrogen-bond acceptors (Lipinski definition) is 15. The number of aromatic nitrogens is 11. The second-order valence-electron chi connectivity index (χ2n) is 35.6. The first-order valence-corrected chi connectivity index (χ1v) is 46.1. The van der Waals surface area contributed by atoms with Gasteiger partial charge in [-0.05, 0) is 185 Å². The Hall–Kier alpha value is -19.0. The van der Waals surface area contributed by atoms with Crippen molar-refractivity contribution >= 4 is 218 Å². The van der Waals surface area contributed by atoms with Crippen LogP contribution in [0.25, 0.3) is 319 Å². The molecule has 0 aliphatic heterocycles. The van der Waals surface area contributed by atoms with Gasteiger partial charge in [0.2, 0.25) is 22.9 Å². The van der Waals surface area contributed by atoms with Crippen LogP contribution in [0.15, 0.2) is 413 Å². The minimum Gasteiger partial charge on any atom is -0.437 e. The van der Waals surface area contributed by atoms with Crippen molar-refractivity contribution in [2.45, 2.75) is 0 Å². The van der Waals surface area contributed by atoms with Crippen molar-refractivity contribution in [2.75, 3.05) is 0 Å². The van der Waals surface area contributed by atoms with E-state index in [4.69, 9.17) is 47.6 Å². The zero-order valence-electron chi connectivity index (χ0n) is 73.1. The summed E-state index contributed by atoms with van der Waals surface area (Å²) in [7, 11) is 0. The summed E-state index contributed by atoms with van der Waals surface area (Å²) >= 11 is 0. The molecule has 0 radical (unpaired) electrons. The van der Waals surface area contributed by atoms with Gasteiger partial charge in [-0.3, -0.25) is 4.98 Å². The van der Waals surface area contributed by atoms with Gasteiger partial charge < -0.3 is 17.7 Å². The molecule has 22 aromatic carbocycles. The third kappa shape index (κ3) is 11.2. The molecule has 0 unspecified atom stereocenters. The van der Waals surface area contributed by atoms with Crippen LogP contribution in [0.2, 0.25) is 0 Å². The Kier molecular flexibility index (Phi) is 16.0. The van der Waals surface area contributed by atoms with E-state index in [1.54, 1.807) is 0 Å². The highest BCUT2D eigenvalue weighted by Crippen LogP contribution is 2.55. The summed E-state index contributed by atoms with van der Waals surface area (Å²) in [5.74, 6) is 3.59. The van der Waals surface area contributed by atoms with Crippen LogP contribution in [-0.4, -0.2) is 54.8 Å². The lowest BCUT2D eigenvalue weighted by Crippen LogP contribution is -2.00. The average molecular weight is 1760 g/mol. The maximum absolute atomic E-state index is 6.61. The molecule has 11 heterocycles. The van der Waals surface area contributed by atoms with Crippen molar-refractivity contribution in [1.29, 1.82) is 0 Å². The summed E-state index contributed by atoms with van der Waals surface area (Å²) in [6.07, 6.45) is 9.17. The molecule has 0 fully saturated rings. The fourth-order valence-electron chi connectivity index (χ4n) is 22.2. The Morgan fingerprint density at radius 3 is 0.746 bits per heavy atom. The molecular formula is C123H65N11O4. The molecule has 15 nitrogen and oxygen atoms in total. The summed E-state index contributed by atoms with van der Waals surface area (Å²) in [6, 6.07) is 126. The van der Waals surface area contributed by atoms with Gasteiger partial charge in [0.05, 0.1) is 38.4 Å². The van der Waals surface area contributed by atoms with Crippen LogP contribution in [0.1, 0.15) is 0 Å². The van der Waals surface area contributed by atoms with Gasteiger partial charge in [0.15, 0.2) is 34.9 Å². The SMILES string of the molecule is c1ccc(-c2cc3ccc4cccc5c6ccnc7oc2c(c76)c3c45)cc1.c1ccc(-c2cc3ccc4cccc5c6ccnc7oc2c(c76)c3c45)nc1.c1ccc(-c2ccc(-c3nc(-c4ccccc4)nc(-c4cc5ccc6cccc7c8ccnc9oc4c(c98)c5c67)n3)cc2)cc1.c1ccc(-c2nc(-c3ccccc3)nc(-c3cc4ccc5cccc6c7ccnc8oc3c(c87)c4c56)n2)cc1. The van der Waals surface area contributed by atoms with E-state index in [2.05, 4.69) is 268 Å². The Morgan fingerprint density at radius 1 is 0.145 bits per heavy atom. The second-order valence-corrected chi connectivity index (χ2v) is 35.6. The summed E-state index contributed by atoms with van der Waals surface area (Å²) in [5, 5.41) is 38.2. The van der Waals surface area contributed by atoms with E-state index in [-0.39, 0.29) is 0 Å². The highest BCUT2D eigenvalue weighted by atomic mass is 16.4. The molecule has 33 rings (SSSR count). The zero-order valence-corrected chi connectivity index (χ0v) is 73.1. The third-order valence-electron chi connectivity index (χ3n) is 28.1. The van der Waals surface area contributed by atoms with Crippen LogP contribution in [0, 0.1) is 0 Å². The molecular weight excluding hydrogens is 1700 g/mol. The van der Waals surface area contributed by atoms with Crippen molar-refractivity contribution < 1.29 is 17.7 Å². The van der Waals surface area contributed by atoms with Crippen molar-refractivity contribution in [3.8, 4) is 102 Å². The van der Waals surface area contributed by atoms with Crippen LogP contribution >= 0.6 is 0 Å². The molecule has 0 aliphatic carbocycles. The average Bonchev–Trinajstić information content (AvgIpc) is 1.52. The first-order valence-electron chi connectivity index (χ1n) is 46.1. The van der Waals surface area contributed by atoms with Gasteiger partial charge in [0, 0.05) is 107 Å². The number of hydrogen-bond donors (Lipinski definition) is 0. The first-order chi connectivity index (χ1) is 68.4. The highest BCUT2D eigenvalue weighted by Gasteiger charge is 2.32. The molecule has 15 heteroatoms. The van der Waals surface area contributed by atoms with E-state index < -0.39 is 0 Å². The number of benzene rings is 22. The van der Waals surface area contributed by atoms with Gasteiger partial charge in [-0.2, -0.15) is 0 Å². The van der Waals surface area contributed by atoms with E-state index in [1.807, 2.05) is 152 Å². The molecule has 0 amide bonds. The number of fused-ring (bicyclic) bond motifs is 4. The largest absolute Gasteiger partial charge is 0.437 e. The minimum absolute atomic E-state index is 0.562. The molecule has 0 saturated carbocycles. The van der Waals surface area contributed by atoms with Gasteiger partial charge >= 0.3 is 0 Å². The minimum atomic E-state index is 0.562. The van der Waals surface area contributed by atoms with Crippen LogP contribution in [0.5, 0.6) is 0 Å². The van der Waals surface area contributed by atoms with Crippen LogP contribution in [-0.2, 0) is 0 Å². The fourth-order valence-corrected chi connectivity index (χ4v) is 22.2. The van der Waals surface area contributed by atoms with Crippen molar-refractivity contribution in [3.63, 3.8) is 0 Å². The molecule has 0 aliphatic rings. The summed E-state index contributed by atoms with van der Waals surface area (Å²) in [6.45, 7) is 0. The van der Waals surface area contributed by atoms with Gasteiger partial charge in [0.25, 0.3) is 0 Å². The van der Waals surface area contributed by atoms with E-state index in [0.717, 1.165) is 143 Å². The predicted octanol–water partition coefficient (Wildman–Crippen LogP) is 32.0. The van der Waals surface area contributed by atoms with Crippen molar-refractivity contribution in [1.82, 2.24) is 54.8 Å². The maximum atomic E-state index is 6.61. The lowest BCUT2D eigenvalue weighted by Gasteiger charge is -2.14. The summed E-state index contributed by atoms with van der Waals surface area (Å²) in [4.78, 5) is 52.9. The quantitative estimate of drug-likeness (QED) is 0.0977.